The van der Waals surface area contributed by atoms with Crippen LogP contribution in [0.4, 0.5) is 5.69 Å². The minimum atomic E-state index is 0.904. The van der Waals surface area contributed by atoms with Crippen LogP contribution in [-0.2, 0) is 0 Å². The van der Waals surface area contributed by atoms with Crippen LogP contribution in [0.3, 0.4) is 0 Å². The average molecular weight is 182 g/mol. The molecule has 68 valence electrons. The molecule has 1 aliphatic heterocycles. The Morgan fingerprint density at radius 3 is 3.21 bits per heavy atom. The van der Waals surface area contributed by atoms with Gasteiger partial charge in [-0.15, -0.1) is 0 Å². The number of benzene rings is 1. The first-order valence-electron chi connectivity index (χ1n) is 4.72. The van der Waals surface area contributed by atoms with E-state index in [4.69, 9.17) is 0 Å². The zero-order chi connectivity index (χ0) is 9.38. The molecule has 1 aromatic heterocycles. The highest BCUT2D eigenvalue weighted by molar-refractivity contribution is 5.98. The Morgan fingerprint density at radius 2 is 2.21 bits per heavy atom. The van der Waals surface area contributed by atoms with Gasteiger partial charge in [0.25, 0.3) is 0 Å². The lowest BCUT2D eigenvalue weighted by molar-refractivity contribution is 1.31. The van der Waals surface area contributed by atoms with E-state index in [2.05, 4.69) is 34.6 Å². The summed E-state index contributed by atoms with van der Waals surface area (Å²) < 4.78 is 0. The van der Waals surface area contributed by atoms with Crippen LogP contribution in [0, 0.1) is 0 Å². The van der Waals surface area contributed by atoms with E-state index in [1.807, 2.05) is 18.5 Å². The first-order chi connectivity index (χ1) is 6.95. The van der Waals surface area contributed by atoms with Gasteiger partial charge in [-0.2, -0.15) is 0 Å². The van der Waals surface area contributed by atoms with Gasteiger partial charge in [-0.05, 0) is 17.0 Å². The first-order valence-corrected chi connectivity index (χ1v) is 4.72. The van der Waals surface area contributed by atoms with Gasteiger partial charge in [0, 0.05) is 24.3 Å². The second-order valence-electron chi connectivity index (χ2n) is 3.41. The minimum absolute atomic E-state index is 0.904. The molecule has 1 N–H and O–H groups in total. The molecule has 14 heavy (non-hydrogen) atoms. The predicted molar refractivity (Wildman–Crippen MR) is 59.3 cm³/mol. The molecule has 2 nitrogen and oxygen atoms in total. The van der Waals surface area contributed by atoms with Crippen LogP contribution >= 0.6 is 0 Å². The summed E-state index contributed by atoms with van der Waals surface area (Å²) in [7, 11) is 0. The molecule has 0 bridgehead atoms. The molecule has 0 saturated heterocycles. The number of hydrogen-bond acceptors (Lipinski definition) is 2. The van der Waals surface area contributed by atoms with Gasteiger partial charge in [0.15, 0.2) is 0 Å². The molecule has 0 aliphatic carbocycles. The topological polar surface area (TPSA) is 24.9 Å². The molecule has 0 spiro atoms. The molecule has 0 saturated carbocycles. The summed E-state index contributed by atoms with van der Waals surface area (Å²) in [6.07, 6.45) is 8.02. The lowest BCUT2D eigenvalue weighted by atomic mass is 10.0. The zero-order valence-corrected chi connectivity index (χ0v) is 7.70. The summed E-state index contributed by atoms with van der Waals surface area (Å²) in [5, 5.41) is 5.82. The lowest BCUT2D eigenvalue weighted by Crippen LogP contribution is -2.04. The number of nitrogens with zero attached hydrogens (tertiary/aromatic N) is 1. The van der Waals surface area contributed by atoms with Crippen molar-refractivity contribution in [3.8, 4) is 0 Å². The van der Waals surface area contributed by atoms with Crippen LogP contribution in [-0.4, -0.2) is 11.5 Å². The monoisotopic (exact) mass is 182 g/mol. The summed E-state index contributed by atoms with van der Waals surface area (Å²) in [6.45, 7) is 0.904. The largest absolute Gasteiger partial charge is 0.381 e. The number of nitrogens with one attached hydrogen (secondary N) is 1. The fraction of sp³-hybridized carbons (Fsp3) is 0.0833. The van der Waals surface area contributed by atoms with Crippen molar-refractivity contribution >= 4 is 22.5 Å². The highest BCUT2D eigenvalue weighted by Crippen LogP contribution is 2.29. The van der Waals surface area contributed by atoms with Gasteiger partial charge in [-0.3, -0.25) is 4.98 Å². The van der Waals surface area contributed by atoms with Crippen LogP contribution in [0.1, 0.15) is 5.56 Å². The molecule has 2 aromatic rings. The molecule has 1 aromatic carbocycles. The van der Waals surface area contributed by atoms with Crippen molar-refractivity contribution in [1.29, 1.82) is 0 Å². The van der Waals surface area contributed by atoms with Crippen molar-refractivity contribution in [3.63, 3.8) is 0 Å². The molecule has 0 fully saturated rings. The van der Waals surface area contributed by atoms with Gasteiger partial charge in [0.1, 0.15) is 0 Å². The molecule has 2 heterocycles. The quantitative estimate of drug-likeness (QED) is 0.677. The molecule has 0 amide bonds. The van der Waals surface area contributed by atoms with E-state index in [-0.39, 0.29) is 0 Å². The first kappa shape index (κ1) is 7.56. The van der Waals surface area contributed by atoms with Crippen molar-refractivity contribution in [3.05, 3.63) is 42.2 Å². The van der Waals surface area contributed by atoms with Crippen LogP contribution in [0.2, 0.25) is 0 Å². The maximum Gasteiger partial charge on any atom is 0.0511 e. The third-order valence-corrected chi connectivity index (χ3v) is 2.55. The Balaban J connectivity index is 2.41. The summed E-state index contributed by atoms with van der Waals surface area (Å²) in [6, 6.07) is 6.31. The smallest absolute Gasteiger partial charge is 0.0511 e. The fourth-order valence-electron chi connectivity index (χ4n) is 1.86. The number of rotatable bonds is 0. The van der Waals surface area contributed by atoms with Crippen LogP contribution < -0.4 is 5.32 Å². The molecule has 1 aliphatic rings. The fourth-order valence-corrected chi connectivity index (χ4v) is 1.86. The van der Waals surface area contributed by atoms with Crippen molar-refractivity contribution in [2.75, 3.05) is 11.9 Å². The van der Waals surface area contributed by atoms with Crippen LogP contribution in [0.5, 0.6) is 0 Å². The van der Waals surface area contributed by atoms with Crippen LogP contribution in [0.25, 0.3) is 16.8 Å². The average Bonchev–Trinajstić information content (AvgIpc) is 2.29. The van der Waals surface area contributed by atoms with E-state index in [1.165, 1.54) is 22.0 Å². The zero-order valence-electron chi connectivity index (χ0n) is 7.70. The van der Waals surface area contributed by atoms with Gasteiger partial charge in [0.05, 0.1) is 5.69 Å². The lowest BCUT2D eigenvalue weighted by Gasteiger charge is -2.15. The highest BCUT2D eigenvalue weighted by atomic mass is 14.9. The Morgan fingerprint density at radius 1 is 1.21 bits per heavy atom. The third-order valence-electron chi connectivity index (χ3n) is 2.55. The number of pyridine rings is 1. The summed E-state index contributed by atoms with van der Waals surface area (Å²) >= 11 is 0. The van der Waals surface area contributed by atoms with E-state index in [0.29, 0.717) is 0 Å². The predicted octanol–water partition coefficient (Wildman–Crippen LogP) is 2.67. The highest BCUT2D eigenvalue weighted by Gasteiger charge is 2.07. The maximum absolute atomic E-state index is 4.16. The SMILES string of the molecule is C1=Cc2ccc3ccncc3c2NC1. The number of fused-ring (bicyclic) bond motifs is 3. The van der Waals surface area contributed by atoms with Gasteiger partial charge in [0.2, 0.25) is 0 Å². The Bertz CT molecular complexity index is 515. The maximum atomic E-state index is 4.16. The number of aromatic nitrogens is 1. The molecular weight excluding hydrogens is 172 g/mol. The van der Waals surface area contributed by atoms with Gasteiger partial charge < -0.3 is 5.32 Å². The van der Waals surface area contributed by atoms with Crippen molar-refractivity contribution in [2.45, 2.75) is 0 Å². The third kappa shape index (κ3) is 1.01. The molecular formula is C12H10N2. The molecule has 0 atom stereocenters. The van der Waals surface area contributed by atoms with Gasteiger partial charge >= 0.3 is 0 Å². The van der Waals surface area contributed by atoms with E-state index < -0.39 is 0 Å². The Hall–Kier alpha value is -1.83. The van der Waals surface area contributed by atoms with E-state index in [9.17, 15) is 0 Å². The number of hydrogen-bond donors (Lipinski definition) is 1. The van der Waals surface area contributed by atoms with Crippen molar-refractivity contribution in [2.24, 2.45) is 0 Å². The van der Waals surface area contributed by atoms with Crippen molar-refractivity contribution < 1.29 is 0 Å². The van der Waals surface area contributed by atoms with Crippen molar-refractivity contribution in [1.82, 2.24) is 4.98 Å². The summed E-state index contributed by atoms with van der Waals surface area (Å²) in [5.41, 5.74) is 2.45. The second kappa shape index (κ2) is 2.84. The van der Waals surface area contributed by atoms with Gasteiger partial charge in [-0.25, -0.2) is 0 Å². The normalized spacial score (nSPS) is 13.7. The van der Waals surface area contributed by atoms with E-state index in [1.54, 1.807) is 0 Å². The second-order valence-corrected chi connectivity index (χ2v) is 3.41. The Labute approximate surface area is 82.3 Å². The standard InChI is InChI=1S/C12H10N2/c1-2-10-4-3-9-5-7-13-8-11(9)12(10)14-6-1/h1-5,7-8,14H,6H2. The molecule has 0 unspecified atom stereocenters. The van der Waals surface area contributed by atoms with E-state index >= 15 is 0 Å². The molecule has 2 heteroatoms. The Kier molecular flexibility index (Phi) is 1.53. The van der Waals surface area contributed by atoms with Crippen LogP contribution in [0.15, 0.2) is 36.7 Å². The summed E-state index contributed by atoms with van der Waals surface area (Å²) in [4.78, 5) is 4.16. The molecule has 0 radical (unpaired) electrons. The summed E-state index contributed by atoms with van der Waals surface area (Å²) in [5.74, 6) is 0. The van der Waals surface area contributed by atoms with Gasteiger partial charge in [-0.1, -0.05) is 24.3 Å². The minimum Gasteiger partial charge on any atom is -0.381 e. The van der Waals surface area contributed by atoms with E-state index in [0.717, 1.165) is 6.54 Å². The number of anilines is 1. The molecule has 3 rings (SSSR count).